The monoisotopic (exact) mass is 907 g/mol. The normalized spacial score (nSPS) is 12.9. The van der Waals surface area contributed by atoms with Crippen LogP contribution in [0.1, 0.15) is 329 Å². The van der Waals surface area contributed by atoms with E-state index in [-0.39, 0.29) is 19.3 Å². The highest BCUT2D eigenvalue weighted by Gasteiger charge is 2.65. The largest absolute Gasteiger partial charge is 0.374 e. The van der Waals surface area contributed by atoms with Gasteiger partial charge < -0.3 is 20.4 Å². The zero-order chi connectivity index (χ0) is 47.3. The molecule has 0 amide bonds. The van der Waals surface area contributed by atoms with Crippen LogP contribution in [0, 0.1) is 0 Å². The van der Waals surface area contributed by atoms with Crippen LogP contribution in [0.3, 0.4) is 0 Å². The molecular formula is C57H110O7. The number of aliphatic hydroxyl groups is 4. The van der Waals surface area contributed by atoms with Gasteiger partial charge >= 0.3 is 0 Å². The molecule has 0 aliphatic rings. The fourth-order valence-corrected chi connectivity index (χ4v) is 9.64. The van der Waals surface area contributed by atoms with E-state index in [0.717, 1.165) is 70.6 Å². The summed E-state index contributed by atoms with van der Waals surface area (Å²) < 4.78 is 0. The van der Waals surface area contributed by atoms with Gasteiger partial charge in [0.2, 0.25) is 11.2 Å². The van der Waals surface area contributed by atoms with Crippen molar-refractivity contribution < 1.29 is 34.8 Å². The standard InChI is InChI=1S/C57H110O7/c1-4-7-10-13-16-19-22-25-28-31-34-37-40-43-46-49-52(58)56(63,53(59)50-47-44-41-38-35-32-29-26-23-20-17-14-11-8-5-2)57(64,55(61)62)54(60)51-48-45-42-39-36-33-30-27-24-21-18-15-12-9-6-3/h55,61-64H,4-51H2,1-3H3. The third-order valence-electron chi connectivity index (χ3n) is 14.2. The predicted molar refractivity (Wildman–Crippen MR) is 272 cm³/mol. The van der Waals surface area contributed by atoms with E-state index in [2.05, 4.69) is 20.8 Å². The van der Waals surface area contributed by atoms with Gasteiger partial charge in [0, 0.05) is 19.3 Å². The molecule has 0 radical (unpaired) electrons. The lowest BCUT2D eigenvalue weighted by molar-refractivity contribution is -0.242. The minimum atomic E-state index is -3.30. The van der Waals surface area contributed by atoms with Crippen LogP contribution >= 0.6 is 0 Å². The fraction of sp³-hybridized carbons (Fsp3) is 0.947. The van der Waals surface area contributed by atoms with Gasteiger partial charge in [0.1, 0.15) is 0 Å². The van der Waals surface area contributed by atoms with Gasteiger partial charge in [-0.1, -0.05) is 290 Å². The van der Waals surface area contributed by atoms with Crippen molar-refractivity contribution in [2.75, 3.05) is 0 Å². The van der Waals surface area contributed by atoms with Gasteiger partial charge in [0.05, 0.1) is 0 Å². The molecule has 0 saturated heterocycles. The number of Topliss-reactive ketones (excluding diaryl/α,β-unsaturated/α-hetero) is 3. The highest BCUT2D eigenvalue weighted by atomic mass is 16.5. The lowest BCUT2D eigenvalue weighted by Crippen LogP contribution is -2.72. The Morgan fingerprint density at radius 1 is 0.281 bits per heavy atom. The summed E-state index contributed by atoms with van der Waals surface area (Å²) in [7, 11) is 0. The summed E-state index contributed by atoms with van der Waals surface area (Å²) in [5, 5.41) is 44.8. The molecule has 0 bridgehead atoms. The van der Waals surface area contributed by atoms with E-state index in [9.17, 15) is 34.8 Å². The van der Waals surface area contributed by atoms with Crippen LogP contribution in [-0.2, 0) is 14.4 Å². The number of aliphatic hydroxyl groups excluding tert-OH is 1. The van der Waals surface area contributed by atoms with Gasteiger partial charge in [0.15, 0.2) is 23.6 Å². The molecule has 0 rings (SSSR count). The van der Waals surface area contributed by atoms with E-state index in [1.54, 1.807) is 0 Å². The molecule has 0 aliphatic carbocycles. The Morgan fingerprint density at radius 3 is 0.609 bits per heavy atom. The van der Waals surface area contributed by atoms with Crippen LogP contribution in [0.2, 0.25) is 0 Å². The number of unbranched alkanes of at least 4 members (excludes halogenated alkanes) is 42. The average Bonchev–Trinajstić information content (AvgIpc) is 3.29. The fourth-order valence-electron chi connectivity index (χ4n) is 9.64. The van der Waals surface area contributed by atoms with E-state index >= 15 is 0 Å². The van der Waals surface area contributed by atoms with Crippen molar-refractivity contribution in [3.63, 3.8) is 0 Å². The summed E-state index contributed by atoms with van der Waals surface area (Å²) in [5.41, 5.74) is -6.50. The topological polar surface area (TPSA) is 132 Å². The molecular weight excluding hydrogens is 797 g/mol. The number of rotatable bonds is 53. The summed E-state index contributed by atoms with van der Waals surface area (Å²) in [6.45, 7) is 6.75. The number of ketones is 3. The molecule has 7 heteroatoms. The molecule has 4 N–H and O–H groups in total. The van der Waals surface area contributed by atoms with E-state index < -0.39 is 34.8 Å². The first kappa shape index (κ1) is 62.8. The zero-order valence-electron chi connectivity index (χ0n) is 43.0. The molecule has 1 unspecified atom stereocenters. The lowest BCUT2D eigenvalue weighted by atomic mass is 9.70. The molecule has 380 valence electrons. The molecule has 0 saturated carbocycles. The lowest BCUT2D eigenvalue weighted by Gasteiger charge is -2.41. The Morgan fingerprint density at radius 2 is 0.438 bits per heavy atom. The van der Waals surface area contributed by atoms with Crippen LogP contribution in [0.5, 0.6) is 0 Å². The Labute approximate surface area is 397 Å². The zero-order valence-corrected chi connectivity index (χ0v) is 43.0. The summed E-state index contributed by atoms with van der Waals surface area (Å²) in [6, 6.07) is 0. The van der Waals surface area contributed by atoms with Crippen molar-refractivity contribution in [3.8, 4) is 0 Å². The van der Waals surface area contributed by atoms with Crippen LogP contribution in [0.4, 0.5) is 0 Å². The summed E-state index contributed by atoms with van der Waals surface area (Å²) >= 11 is 0. The van der Waals surface area contributed by atoms with Gasteiger partial charge in [-0.2, -0.15) is 0 Å². The highest BCUT2D eigenvalue weighted by molar-refractivity contribution is 6.16. The Balaban J connectivity index is 4.98. The first-order valence-electron chi connectivity index (χ1n) is 28.5. The third-order valence-corrected chi connectivity index (χ3v) is 14.2. The number of hydrogen-bond acceptors (Lipinski definition) is 7. The maximum atomic E-state index is 13.9. The number of carbonyl (C=O) groups excluding carboxylic acids is 3. The number of carbonyl (C=O) groups is 3. The summed E-state index contributed by atoms with van der Waals surface area (Å²) in [6.07, 6.45) is 48.4. The van der Waals surface area contributed by atoms with Crippen molar-refractivity contribution in [2.45, 2.75) is 346 Å². The first-order chi connectivity index (χ1) is 31.1. The Hall–Kier alpha value is -1.15. The van der Waals surface area contributed by atoms with Crippen LogP contribution < -0.4 is 0 Å². The Kier molecular flexibility index (Phi) is 44.8. The van der Waals surface area contributed by atoms with Crippen LogP contribution in [-0.4, -0.2) is 55.3 Å². The molecule has 0 aromatic heterocycles. The molecule has 0 spiro atoms. The SMILES string of the molecule is CCCCCCCCCCCCCCCCCC(=O)C(O)(C(=O)CCCCCCCCCCCCCCCCC)C(O)(C(=O)CCCCCCCCCCCCCCCCC)C(O)O. The summed E-state index contributed by atoms with van der Waals surface area (Å²) in [5.74, 6) is -3.00. The number of hydrogen-bond donors (Lipinski definition) is 4. The van der Waals surface area contributed by atoms with Crippen LogP contribution in [0.25, 0.3) is 0 Å². The first-order valence-corrected chi connectivity index (χ1v) is 28.5. The molecule has 7 nitrogen and oxygen atoms in total. The second-order valence-electron chi connectivity index (χ2n) is 20.2. The van der Waals surface area contributed by atoms with E-state index in [1.165, 1.54) is 193 Å². The predicted octanol–water partition coefficient (Wildman–Crippen LogP) is 16.3. The van der Waals surface area contributed by atoms with Gasteiger partial charge in [0.25, 0.3) is 0 Å². The Bertz CT molecular complexity index is 997. The second kappa shape index (κ2) is 45.6. The van der Waals surface area contributed by atoms with Crippen molar-refractivity contribution >= 4 is 17.3 Å². The molecule has 0 heterocycles. The van der Waals surface area contributed by atoms with E-state index in [1.807, 2.05) is 0 Å². The van der Waals surface area contributed by atoms with Gasteiger partial charge in [-0.25, -0.2) is 0 Å². The van der Waals surface area contributed by atoms with Gasteiger partial charge in [-0.05, 0) is 19.3 Å². The molecule has 0 aromatic carbocycles. The minimum Gasteiger partial charge on any atom is -0.374 e. The van der Waals surface area contributed by atoms with Crippen molar-refractivity contribution in [3.05, 3.63) is 0 Å². The highest BCUT2D eigenvalue weighted by Crippen LogP contribution is 2.34. The van der Waals surface area contributed by atoms with Crippen LogP contribution in [0.15, 0.2) is 0 Å². The third kappa shape index (κ3) is 31.8. The molecule has 64 heavy (non-hydrogen) atoms. The van der Waals surface area contributed by atoms with Gasteiger partial charge in [-0.3, -0.25) is 14.4 Å². The van der Waals surface area contributed by atoms with Crippen molar-refractivity contribution in [1.82, 2.24) is 0 Å². The maximum Gasteiger partial charge on any atom is 0.222 e. The van der Waals surface area contributed by atoms with Gasteiger partial charge in [-0.15, -0.1) is 0 Å². The maximum absolute atomic E-state index is 13.9. The molecule has 1 atom stereocenters. The minimum absolute atomic E-state index is 0.208. The molecule has 0 fully saturated rings. The smallest absolute Gasteiger partial charge is 0.222 e. The second-order valence-corrected chi connectivity index (χ2v) is 20.2. The van der Waals surface area contributed by atoms with Crippen molar-refractivity contribution in [1.29, 1.82) is 0 Å². The quantitative estimate of drug-likeness (QED) is 0.0271. The van der Waals surface area contributed by atoms with E-state index in [0.29, 0.717) is 25.7 Å². The average molecular weight is 907 g/mol. The van der Waals surface area contributed by atoms with E-state index in [4.69, 9.17) is 0 Å². The van der Waals surface area contributed by atoms with Crippen molar-refractivity contribution in [2.24, 2.45) is 0 Å². The summed E-state index contributed by atoms with van der Waals surface area (Å²) in [4.78, 5) is 41.4. The molecule has 0 aromatic rings. The molecule has 0 aliphatic heterocycles.